The van der Waals surface area contributed by atoms with Gasteiger partial charge in [0.25, 0.3) is 0 Å². The van der Waals surface area contributed by atoms with E-state index in [0.29, 0.717) is 11.4 Å². The molecular weight excluding hydrogens is 234 g/mol. The van der Waals surface area contributed by atoms with E-state index in [1.165, 1.54) is 0 Å². The molecule has 5 N–H and O–H groups in total. The summed E-state index contributed by atoms with van der Waals surface area (Å²) in [5.41, 5.74) is 17.6. The number of nitrogens with one attached hydrogen (secondary N) is 1. The minimum Gasteiger partial charge on any atom is -0.398 e. The molecule has 0 aliphatic carbocycles. The quantitative estimate of drug-likeness (QED) is 0.608. The first-order chi connectivity index (χ1) is 9.25. The highest BCUT2D eigenvalue weighted by Gasteiger charge is 2.09. The summed E-state index contributed by atoms with van der Waals surface area (Å²) in [6.45, 7) is 0. The summed E-state index contributed by atoms with van der Waals surface area (Å²) in [5.74, 6) is 0. The fourth-order valence-electron chi connectivity index (χ4n) is 2.23. The van der Waals surface area contributed by atoms with E-state index in [0.717, 1.165) is 22.4 Å². The van der Waals surface area contributed by atoms with Crippen LogP contribution in [0.3, 0.4) is 0 Å². The zero-order valence-electron chi connectivity index (χ0n) is 10.4. The van der Waals surface area contributed by atoms with E-state index < -0.39 is 0 Å². The molecule has 0 fully saturated rings. The maximum Gasteiger partial charge on any atom is 0.0475 e. The highest BCUT2D eigenvalue weighted by molar-refractivity contribution is 5.87. The van der Waals surface area contributed by atoms with Crippen molar-refractivity contribution in [3.05, 3.63) is 60.8 Å². The molecule has 3 rings (SSSR count). The van der Waals surface area contributed by atoms with E-state index in [-0.39, 0.29) is 0 Å². The molecule has 0 aliphatic rings. The molecule has 94 valence electrons. The van der Waals surface area contributed by atoms with Crippen molar-refractivity contribution >= 4 is 11.4 Å². The highest BCUT2D eigenvalue weighted by atomic mass is 14.7. The van der Waals surface area contributed by atoms with Crippen LogP contribution < -0.4 is 11.5 Å². The van der Waals surface area contributed by atoms with Crippen LogP contribution in [0.4, 0.5) is 11.4 Å². The third kappa shape index (κ3) is 2.06. The fourth-order valence-corrected chi connectivity index (χ4v) is 2.23. The van der Waals surface area contributed by atoms with E-state index in [9.17, 15) is 0 Å². The molecule has 0 amide bonds. The monoisotopic (exact) mass is 249 g/mol. The predicted molar refractivity (Wildman–Crippen MR) is 80.5 cm³/mol. The van der Waals surface area contributed by atoms with Crippen molar-refractivity contribution in [3.63, 3.8) is 0 Å². The van der Waals surface area contributed by atoms with Crippen molar-refractivity contribution in [1.29, 1.82) is 0 Å². The van der Waals surface area contributed by atoms with E-state index >= 15 is 0 Å². The predicted octanol–water partition coefficient (Wildman–Crippen LogP) is 3.51. The van der Waals surface area contributed by atoms with Gasteiger partial charge in [0.2, 0.25) is 0 Å². The first-order valence-corrected chi connectivity index (χ1v) is 6.14. The summed E-state index contributed by atoms with van der Waals surface area (Å²) in [5, 5.41) is 0. The second-order valence-corrected chi connectivity index (χ2v) is 4.48. The van der Waals surface area contributed by atoms with E-state index in [1.807, 2.05) is 60.8 Å². The molecule has 3 aromatic rings. The molecule has 0 bridgehead atoms. The van der Waals surface area contributed by atoms with E-state index in [4.69, 9.17) is 11.5 Å². The lowest BCUT2D eigenvalue weighted by Gasteiger charge is -2.11. The third-order valence-corrected chi connectivity index (χ3v) is 3.19. The van der Waals surface area contributed by atoms with Crippen LogP contribution in [-0.2, 0) is 0 Å². The summed E-state index contributed by atoms with van der Waals surface area (Å²) in [6, 6.07) is 17.9. The van der Waals surface area contributed by atoms with Crippen LogP contribution >= 0.6 is 0 Å². The van der Waals surface area contributed by atoms with Gasteiger partial charge in [0.05, 0.1) is 0 Å². The van der Waals surface area contributed by atoms with Crippen molar-refractivity contribution in [2.24, 2.45) is 0 Å². The van der Waals surface area contributed by atoms with Crippen LogP contribution in [0.2, 0.25) is 0 Å². The molecule has 0 radical (unpaired) electrons. The molecule has 3 nitrogen and oxygen atoms in total. The molecule has 3 heteroatoms. The molecule has 0 aliphatic heterocycles. The lowest BCUT2D eigenvalue weighted by atomic mass is 9.98. The molecule has 0 unspecified atom stereocenters. The minimum absolute atomic E-state index is 0.680. The summed E-state index contributed by atoms with van der Waals surface area (Å²) in [7, 11) is 0. The van der Waals surface area contributed by atoms with Crippen molar-refractivity contribution in [2.45, 2.75) is 0 Å². The van der Waals surface area contributed by atoms with Gasteiger partial charge in [-0.1, -0.05) is 30.3 Å². The fraction of sp³-hybridized carbons (Fsp3) is 0. The number of aromatic amines is 1. The molecule has 19 heavy (non-hydrogen) atoms. The number of nitrogen functional groups attached to an aromatic ring is 2. The maximum absolute atomic E-state index is 6.09. The molecule has 0 saturated heterocycles. The average Bonchev–Trinajstić information content (AvgIpc) is 2.94. The average molecular weight is 249 g/mol. The Morgan fingerprint density at radius 2 is 1.47 bits per heavy atom. The number of aromatic nitrogens is 1. The Bertz CT molecular complexity index is 686. The number of hydrogen-bond acceptors (Lipinski definition) is 2. The van der Waals surface area contributed by atoms with Crippen LogP contribution in [-0.4, -0.2) is 4.98 Å². The Kier molecular flexibility index (Phi) is 2.72. The zero-order valence-corrected chi connectivity index (χ0v) is 10.4. The largest absolute Gasteiger partial charge is 0.398 e. The van der Waals surface area contributed by atoms with Gasteiger partial charge < -0.3 is 16.5 Å². The molecule has 0 saturated carbocycles. The summed E-state index contributed by atoms with van der Waals surface area (Å²) in [4.78, 5) is 3.17. The first-order valence-electron chi connectivity index (χ1n) is 6.14. The van der Waals surface area contributed by atoms with Crippen molar-refractivity contribution in [3.8, 4) is 22.4 Å². The molecule has 1 heterocycles. The summed E-state index contributed by atoms with van der Waals surface area (Å²) < 4.78 is 0. The van der Waals surface area contributed by atoms with Gasteiger partial charge >= 0.3 is 0 Å². The van der Waals surface area contributed by atoms with Crippen molar-refractivity contribution in [1.82, 2.24) is 4.98 Å². The molecule has 1 aromatic heterocycles. The molecule has 0 atom stereocenters. The highest BCUT2D eigenvalue weighted by Crippen LogP contribution is 2.34. The first kappa shape index (κ1) is 11.4. The topological polar surface area (TPSA) is 67.8 Å². The molecule has 0 spiro atoms. The second-order valence-electron chi connectivity index (χ2n) is 4.48. The number of nitrogens with two attached hydrogens (primary N) is 2. The lowest BCUT2D eigenvalue weighted by Crippen LogP contribution is -1.96. The smallest absolute Gasteiger partial charge is 0.0475 e. The van der Waals surface area contributed by atoms with E-state index in [1.54, 1.807) is 0 Å². The summed E-state index contributed by atoms with van der Waals surface area (Å²) in [6.07, 6.45) is 1.88. The standard InChI is InChI=1S/C16H15N3/c17-14-10-15(18)13(16-7-4-8-19-16)9-12(14)11-5-2-1-3-6-11/h1-10,19H,17-18H2. The molecule has 2 aromatic carbocycles. The van der Waals surface area contributed by atoms with Gasteiger partial charge in [-0.2, -0.15) is 0 Å². The number of hydrogen-bond donors (Lipinski definition) is 3. The lowest BCUT2D eigenvalue weighted by molar-refractivity contribution is 1.40. The maximum atomic E-state index is 6.09. The third-order valence-electron chi connectivity index (χ3n) is 3.19. The number of H-pyrrole nitrogens is 1. The molecular formula is C16H15N3. The Morgan fingerprint density at radius 3 is 2.16 bits per heavy atom. The van der Waals surface area contributed by atoms with Crippen molar-refractivity contribution in [2.75, 3.05) is 11.5 Å². The van der Waals surface area contributed by atoms with Gasteiger partial charge in [0, 0.05) is 34.4 Å². The van der Waals surface area contributed by atoms with Crippen LogP contribution in [0.1, 0.15) is 0 Å². The van der Waals surface area contributed by atoms with Crippen LogP contribution in [0.25, 0.3) is 22.4 Å². The van der Waals surface area contributed by atoms with Crippen LogP contribution in [0.15, 0.2) is 60.8 Å². The summed E-state index contributed by atoms with van der Waals surface area (Å²) >= 11 is 0. The van der Waals surface area contributed by atoms with E-state index in [2.05, 4.69) is 4.98 Å². The SMILES string of the molecule is Nc1cc(N)c(-c2ccc[nH]2)cc1-c1ccccc1. The van der Waals surface area contributed by atoms with Gasteiger partial charge in [-0.25, -0.2) is 0 Å². The Hall–Kier alpha value is -2.68. The number of benzene rings is 2. The normalized spacial score (nSPS) is 10.5. The van der Waals surface area contributed by atoms with Crippen LogP contribution in [0, 0.1) is 0 Å². The van der Waals surface area contributed by atoms with Crippen LogP contribution in [0.5, 0.6) is 0 Å². The minimum atomic E-state index is 0.680. The number of anilines is 2. The zero-order chi connectivity index (χ0) is 13.2. The number of rotatable bonds is 2. The van der Waals surface area contributed by atoms with Gasteiger partial charge in [0.1, 0.15) is 0 Å². The Balaban J connectivity index is 2.19. The second kappa shape index (κ2) is 4.53. The Morgan fingerprint density at radius 1 is 0.737 bits per heavy atom. The van der Waals surface area contributed by atoms with Gasteiger partial charge in [0.15, 0.2) is 0 Å². The van der Waals surface area contributed by atoms with Gasteiger partial charge in [-0.05, 0) is 29.8 Å². The van der Waals surface area contributed by atoms with Crippen molar-refractivity contribution < 1.29 is 0 Å². The van der Waals surface area contributed by atoms with Gasteiger partial charge in [-0.15, -0.1) is 0 Å². The Labute approximate surface area is 111 Å². The van der Waals surface area contributed by atoms with Gasteiger partial charge in [-0.3, -0.25) is 0 Å².